The Labute approximate surface area is 125 Å². The van der Waals surface area contributed by atoms with Gasteiger partial charge in [0.1, 0.15) is 0 Å². The summed E-state index contributed by atoms with van der Waals surface area (Å²) >= 11 is 5.93. The van der Waals surface area contributed by atoms with Gasteiger partial charge in [0.15, 0.2) is 0 Å². The van der Waals surface area contributed by atoms with Crippen LogP contribution in [-0.4, -0.2) is 26.8 Å². The molecule has 7 heteroatoms. The molecule has 0 saturated carbocycles. The van der Waals surface area contributed by atoms with Crippen LogP contribution in [0.3, 0.4) is 0 Å². The van der Waals surface area contributed by atoms with E-state index in [2.05, 4.69) is 10.4 Å². The molecule has 2 aromatic rings. The molecule has 1 amide bonds. The highest BCUT2D eigenvalue weighted by Gasteiger charge is 2.08. The van der Waals surface area contributed by atoms with E-state index in [0.29, 0.717) is 5.69 Å². The molecule has 0 radical (unpaired) electrons. The van der Waals surface area contributed by atoms with Crippen LogP contribution in [0.2, 0.25) is 5.02 Å². The summed E-state index contributed by atoms with van der Waals surface area (Å²) in [5, 5.41) is 15.6. The van der Waals surface area contributed by atoms with Gasteiger partial charge in [-0.05, 0) is 30.3 Å². The largest absolute Gasteiger partial charge is 0.478 e. The number of carbonyl (C=O) groups is 2. The van der Waals surface area contributed by atoms with Crippen LogP contribution in [0.4, 0.5) is 5.69 Å². The standard InChI is InChI=1S/C14H12ClN3O3/c1-18-10(6-7-16-18)3-5-13(19)17-12-4-2-9(14(20)21)8-11(12)15/h2-8H,1H3,(H,17,19)(H,20,21). The molecule has 0 saturated heterocycles. The number of halogens is 1. The van der Waals surface area contributed by atoms with Gasteiger partial charge in [0, 0.05) is 19.3 Å². The first-order valence-corrected chi connectivity index (χ1v) is 6.35. The Balaban J connectivity index is 2.08. The second-order valence-corrected chi connectivity index (χ2v) is 4.61. The van der Waals surface area contributed by atoms with Crippen LogP contribution < -0.4 is 5.32 Å². The average Bonchev–Trinajstić information content (AvgIpc) is 2.84. The Morgan fingerprint density at radius 1 is 1.38 bits per heavy atom. The smallest absolute Gasteiger partial charge is 0.335 e. The fraction of sp³-hybridized carbons (Fsp3) is 0.0714. The van der Waals surface area contributed by atoms with E-state index < -0.39 is 5.97 Å². The Bertz CT molecular complexity index is 722. The van der Waals surface area contributed by atoms with Crippen molar-refractivity contribution in [3.8, 4) is 0 Å². The number of hydrogen-bond donors (Lipinski definition) is 2. The van der Waals surface area contributed by atoms with Crippen LogP contribution in [0.25, 0.3) is 6.08 Å². The van der Waals surface area contributed by atoms with Crippen LogP contribution in [0.15, 0.2) is 36.5 Å². The van der Waals surface area contributed by atoms with Crippen LogP contribution in [0, 0.1) is 0 Å². The first-order valence-electron chi connectivity index (χ1n) is 5.97. The molecule has 0 bridgehead atoms. The minimum absolute atomic E-state index is 0.0587. The third-order valence-corrected chi connectivity index (χ3v) is 3.05. The molecule has 1 aromatic heterocycles. The summed E-state index contributed by atoms with van der Waals surface area (Å²) < 4.78 is 1.62. The zero-order valence-electron chi connectivity index (χ0n) is 11.1. The second kappa shape index (κ2) is 6.23. The Morgan fingerprint density at radius 2 is 2.14 bits per heavy atom. The van der Waals surface area contributed by atoms with E-state index in [1.54, 1.807) is 30.1 Å². The molecule has 0 fully saturated rings. The number of aromatic carboxylic acids is 1. The number of aryl methyl sites for hydroxylation is 1. The highest BCUT2D eigenvalue weighted by Crippen LogP contribution is 2.23. The molecule has 1 heterocycles. The van der Waals surface area contributed by atoms with E-state index in [9.17, 15) is 9.59 Å². The van der Waals surface area contributed by atoms with Gasteiger partial charge in [-0.25, -0.2) is 4.79 Å². The third-order valence-electron chi connectivity index (χ3n) is 2.74. The molecule has 108 valence electrons. The van der Waals surface area contributed by atoms with Crippen molar-refractivity contribution in [2.45, 2.75) is 0 Å². The van der Waals surface area contributed by atoms with Crippen molar-refractivity contribution < 1.29 is 14.7 Å². The number of hydrogen-bond acceptors (Lipinski definition) is 3. The first kappa shape index (κ1) is 14.8. The number of carboxylic acids is 1. The monoisotopic (exact) mass is 305 g/mol. The zero-order valence-corrected chi connectivity index (χ0v) is 11.8. The number of rotatable bonds is 4. The fourth-order valence-corrected chi connectivity index (χ4v) is 1.86. The quantitative estimate of drug-likeness (QED) is 0.850. The number of amides is 1. The van der Waals surface area contributed by atoms with E-state index in [1.807, 2.05) is 0 Å². The van der Waals surface area contributed by atoms with Gasteiger partial charge in [-0.3, -0.25) is 9.48 Å². The average molecular weight is 306 g/mol. The van der Waals surface area contributed by atoms with E-state index in [4.69, 9.17) is 16.7 Å². The summed E-state index contributed by atoms with van der Waals surface area (Å²) in [5.41, 5.74) is 1.18. The minimum atomic E-state index is -1.08. The van der Waals surface area contributed by atoms with Crippen LogP contribution >= 0.6 is 11.6 Å². The van der Waals surface area contributed by atoms with E-state index in [-0.39, 0.29) is 16.5 Å². The summed E-state index contributed by atoms with van der Waals surface area (Å²) in [4.78, 5) is 22.6. The maximum absolute atomic E-state index is 11.8. The van der Waals surface area contributed by atoms with E-state index >= 15 is 0 Å². The highest BCUT2D eigenvalue weighted by atomic mass is 35.5. The molecule has 2 rings (SSSR count). The lowest BCUT2D eigenvalue weighted by Gasteiger charge is -2.05. The van der Waals surface area contributed by atoms with Gasteiger partial charge in [-0.2, -0.15) is 5.10 Å². The molecule has 0 aliphatic rings. The zero-order chi connectivity index (χ0) is 15.4. The van der Waals surface area contributed by atoms with Gasteiger partial charge in [0.2, 0.25) is 5.91 Å². The number of anilines is 1. The second-order valence-electron chi connectivity index (χ2n) is 4.20. The third kappa shape index (κ3) is 3.70. The highest BCUT2D eigenvalue weighted by molar-refractivity contribution is 6.34. The van der Waals surface area contributed by atoms with E-state index in [0.717, 1.165) is 5.69 Å². The molecule has 21 heavy (non-hydrogen) atoms. The molecule has 0 aliphatic carbocycles. The van der Waals surface area contributed by atoms with Crippen molar-refractivity contribution in [3.05, 3.63) is 52.8 Å². The number of carbonyl (C=O) groups excluding carboxylic acids is 1. The molecule has 2 N–H and O–H groups in total. The van der Waals surface area contributed by atoms with Crippen molar-refractivity contribution in [2.75, 3.05) is 5.32 Å². The summed E-state index contributed by atoms with van der Waals surface area (Å²) in [7, 11) is 1.76. The van der Waals surface area contributed by atoms with Crippen molar-refractivity contribution in [1.29, 1.82) is 0 Å². The normalized spacial score (nSPS) is 10.8. The molecule has 0 spiro atoms. The molecule has 0 atom stereocenters. The molecule has 6 nitrogen and oxygen atoms in total. The van der Waals surface area contributed by atoms with Crippen molar-refractivity contribution in [3.63, 3.8) is 0 Å². The SMILES string of the molecule is Cn1nccc1C=CC(=O)Nc1ccc(C(=O)O)cc1Cl. The minimum Gasteiger partial charge on any atom is -0.478 e. The lowest BCUT2D eigenvalue weighted by atomic mass is 10.2. The van der Waals surface area contributed by atoms with E-state index in [1.165, 1.54) is 24.3 Å². The summed E-state index contributed by atoms with van der Waals surface area (Å²) in [5.74, 6) is -1.45. The molecular formula is C14H12ClN3O3. The van der Waals surface area contributed by atoms with Gasteiger partial charge in [-0.15, -0.1) is 0 Å². The maximum atomic E-state index is 11.8. The van der Waals surface area contributed by atoms with Gasteiger partial charge >= 0.3 is 5.97 Å². The Kier molecular flexibility index (Phi) is 4.39. The topological polar surface area (TPSA) is 84.2 Å². The number of aromatic nitrogens is 2. The number of nitrogens with one attached hydrogen (secondary N) is 1. The number of carboxylic acid groups (broad SMARTS) is 1. The lowest BCUT2D eigenvalue weighted by molar-refractivity contribution is -0.111. The Morgan fingerprint density at radius 3 is 2.71 bits per heavy atom. The lowest BCUT2D eigenvalue weighted by Crippen LogP contribution is -2.09. The first-order chi connectivity index (χ1) is 9.97. The predicted molar refractivity (Wildman–Crippen MR) is 79.3 cm³/mol. The van der Waals surface area contributed by atoms with Gasteiger partial charge < -0.3 is 10.4 Å². The molecule has 0 aliphatic heterocycles. The van der Waals surface area contributed by atoms with Gasteiger partial charge in [-0.1, -0.05) is 11.6 Å². The van der Waals surface area contributed by atoms with Crippen LogP contribution in [-0.2, 0) is 11.8 Å². The summed E-state index contributed by atoms with van der Waals surface area (Å²) in [6, 6.07) is 5.86. The molecule has 1 aromatic carbocycles. The molecule has 0 unspecified atom stereocenters. The van der Waals surface area contributed by atoms with Crippen LogP contribution in [0.1, 0.15) is 16.1 Å². The summed E-state index contributed by atoms with van der Waals surface area (Å²) in [6.07, 6.45) is 4.58. The van der Waals surface area contributed by atoms with Gasteiger partial charge in [0.25, 0.3) is 0 Å². The van der Waals surface area contributed by atoms with Crippen LogP contribution in [0.5, 0.6) is 0 Å². The predicted octanol–water partition coefficient (Wildman–Crippen LogP) is 2.42. The summed E-state index contributed by atoms with van der Waals surface area (Å²) in [6.45, 7) is 0. The Hall–Kier alpha value is -2.60. The maximum Gasteiger partial charge on any atom is 0.335 e. The van der Waals surface area contributed by atoms with Gasteiger partial charge in [0.05, 0.1) is 22.0 Å². The fourth-order valence-electron chi connectivity index (χ4n) is 1.63. The number of nitrogens with zero attached hydrogens (tertiary/aromatic N) is 2. The number of benzene rings is 1. The van der Waals surface area contributed by atoms with Crippen molar-refractivity contribution in [2.24, 2.45) is 7.05 Å². The van der Waals surface area contributed by atoms with Crippen molar-refractivity contribution >= 4 is 35.2 Å². The van der Waals surface area contributed by atoms with Crippen molar-refractivity contribution in [1.82, 2.24) is 9.78 Å². The molecular weight excluding hydrogens is 294 g/mol.